The lowest BCUT2D eigenvalue weighted by molar-refractivity contribution is 0.965. The van der Waals surface area contributed by atoms with Crippen LogP contribution in [0.3, 0.4) is 0 Å². The molecule has 0 aromatic carbocycles. The van der Waals surface area contributed by atoms with Gasteiger partial charge in [0.05, 0.1) is 11.6 Å². The number of hydrogen-bond donors (Lipinski definition) is 1. The second kappa shape index (κ2) is 3.24. The Balaban J connectivity index is 3.32. The molecule has 0 aliphatic heterocycles. The first-order chi connectivity index (χ1) is 5.15. The number of hydrogen-bond acceptors (Lipinski definition) is 2. The molecule has 3 nitrogen and oxygen atoms in total. The van der Waals surface area contributed by atoms with Crippen LogP contribution in [0.25, 0.3) is 0 Å². The number of aromatic amines is 1. The number of nitrogens with zero attached hydrogens (tertiary/aromatic N) is 1. The van der Waals surface area contributed by atoms with Crippen LogP contribution in [0.1, 0.15) is 11.5 Å². The molecule has 1 N–H and O–H groups in total. The number of halogens is 2. The number of rotatable bonds is 1. The van der Waals surface area contributed by atoms with Crippen LogP contribution in [-0.4, -0.2) is 9.97 Å². The third kappa shape index (κ3) is 1.73. The third-order valence-corrected chi connectivity index (χ3v) is 1.90. The minimum atomic E-state index is -0.338. The summed E-state index contributed by atoms with van der Waals surface area (Å²) in [6.45, 7) is 1.66. The molecular formula is C6H6Cl2N2O. The molecule has 0 fully saturated rings. The second-order valence-corrected chi connectivity index (χ2v) is 2.69. The molecule has 5 heteroatoms. The van der Waals surface area contributed by atoms with E-state index in [0.29, 0.717) is 11.5 Å². The molecular weight excluding hydrogens is 187 g/mol. The maximum Gasteiger partial charge on any atom is 0.269 e. The fourth-order valence-corrected chi connectivity index (χ4v) is 0.909. The Bertz CT molecular complexity index is 321. The Hall–Kier alpha value is -0.540. The number of nitrogens with one attached hydrogen (secondary N) is 1. The van der Waals surface area contributed by atoms with Gasteiger partial charge >= 0.3 is 0 Å². The van der Waals surface area contributed by atoms with Gasteiger partial charge in [-0.1, -0.05) is 11.6 Å². The van der Waals surface area contributed by atoms with E-state index in [4.69, 9.17) is 23.2 Å². The summed E-state index contributed by atoms with van der Waals surface area (Å²) in [5.41, 5.74) is 0.167. The lowest BCUT2D eigenvalue weighted by atomic mass is 10.4. The molecule has 1 heterocycles. The fraction of sp³-hybridized carbons (Fsp3) is 0.333. The van der Waals surface area contributed by atoms with Crippen LogP contribution in [0, 0.1) is 6.92 Å². The zero-order valence-electron chi connectivity index (χ0n) is 5.82. The van der Waals surface area contributed by atoms with Crippen LogP contribution in [0.15, 0.2) is 4.79 Å². The molecule has 0 radical (unpaired) electrons. The van der Waals surface area contributed by atoms with E-state index >= 15 is 0 Å². The average molecular weight is 193 g/mol. The van der Waals surface area contributed by atoms with E-state index in [9.17, 15) is 4.79 Å². The standard InChI is InChI=1S/C6H6Cl2N2O/c1-3-5(8)6(11)10-4(2-7)9-3/h2H2,1H3,(H,9,10,11). The summed E-state index contributed by atoms with van der Waals surface area (Å²) < 4.78 is 0. The van der Waals surface area contributed by atoms with E-state index < -0.39 is 0 Å². The summed E-state index contributed by atoms with van der Waals surface area (Å²) in [5, 5.41) is 0.124. The lowest BCUT2D eigenvalue weighted by Gasteiger charge is -1.97. The predicted molar refractivity (Wildman–Crippen MR) is 44.2 cm³/mol. The van der Waals surface area contributed by atoms with Gasteiger partial charge in [-0.3, -0.25) is 4.79 Å². The maximum atomic E-state index is 10.9. The van der Waals surface area contributed by atoms with E-state index in [1.807, 2.05) is 0 Å². The highest BCUT2D eigenvalue weighted by atomic mass is 35.5. The van der Waals surface area contributed by atoms with Crippen LogP contribution in [0.2, 0.25) is 5.02 Å². The Morgan fingerprint density at radius 3 is 2.73 bits per heavy atom. The van der Waals surface area contributed by atoms with Gasteiger partial charge in [0.15, 0.2) is 0 Å². The molecule has 0 amide bonds. The van der Waals surface area contributed by atoms with Crippen molar-refractivity contribution in [3.63, 3.8) is 0 Å². The van der Waals surface area contributed by atoms with Crippen LogP contribution in [-0.2, 0) is 5.88 Å². The molecule has 0 bridgehead atoms. The van der Waals surface area contributed by atoms with Crippen molar-refractivity contribution in [2.75, 3.05) is 0 Å². The number of aryl methyl sites for hydroxylation is 1. The van der Waals surface area contributed by atoms with Crippen LogP contribution in [0.4, 0.5) is 0 Å². The molecule has 11 heavy (non-hydrogen) atoms. The van der Waals surface area contributed by atoms with Crippen molar-refractivity contribution in [1.82, 2.24) is 9.97 Å². The molecule has 1 aromatic heterocycles. The van der Waals surface area contributed by atoms with Gasteiger partial charge in [-0.05, 0) is 6.92 Å². The number of H-pyrrole nitrogens is 1. The van der Waals surface area contributed by atoms with E-state index in [2.05, 4.69) is 9.97 Å². The van der Waals surface area contributed by atoms with Gasteiger partial charge in [0, 0.05) is 0 Å². The molecule has 0 atom stereocenters. The highest BCUT2D eigenvalue weighted by molar-refractivity contribution is 6.30. The minimum Gasteiger partial charge on any atom is -0.308 e. The van der Waals surface area contributed by atoms with E-state index in [1.165, 1.54) is 0 Å². The molecule has 0 spiro atoms. The zero-order chi connectivity index (χ0) is 8.43. The van der Waals surface area contributed by atoms with E-state index in [0.717, 1.165) is 0 Å². The van der Waals surface area contributed by atoms with E-state index in [1.54, 1.807) is 6.92 Å². The number of alkyl halides is 1. The van der Waals surface area contributed by atoms with Gasteiger partial charge in [0.25, 0.3) is 5.56 Å². The van der Waals surface area contributed by atoms with Gasteiger partial charge in [0.2, 0.25) is 0 Å². The molecule has 0 saturated heterocycles. The molecule has 60 valence electrons. The Kier molecular flexibility index (Phi) is 2.52. The SMILES string of the molecule is Cc1nc(CCl)[nH]c(=O)c1Cl. The molecule has 0 aliphatic carbocycles. The Labute approximate surface area is 73.4 Å². The van der Waals surface area contributed by atoms with Crippen LogP contribution >= 0.6 is 23.2 Å². The van der Waals surface area contributed by atoms with Gasteiger partial charge < -0.3 is 4.98 Å². The van der Waals surface area contributed by atoms with Crippen LogP contribution < -0.4 is 5.56 Å². The van der Waals surface area contributed by atoms with Crippen molar-refractivity contribution in [2.45, 2.75) is 12.8 Å². The topological polar surface area (TPSA) is 45.8 Å². The molecule has 1 rings (SSSR count). The minimum absolute atomic E-state index is 0.124. The maximum absolute atomic E-state index is 10.9. The number of aromatic nitrogens is 2. The van der Waals surface area contributed by atoms with E-state index in [-0.39, 0.29) is 16.5 Å². The van der Waals surface area contributed by atoms with Crippen molar-refractivity contribution in [1.29, 1.82) is 0 Å². The third-order valence-electron chi connectivity index (χ3n) is 1.20. The summed E-state index contributed by atoms with van der Waals surface area (Å²) >= 11 is 11.0. The first-order valence-corrected chi connectivity index (χ1v) is 3.87. The second-order valence-electron chi connectivity index (χ2n) is 2.05. The quantitative estimate of drug-likeness (QED) is 0.686. The average Bonchev–Trinajstić information content (AvgIpc) is 1.99. The summed E-state index contributed by atoms with van der Waals surface area (Å²) in [6, 6.07) is 0. The molecule has 0 aliphatic rings. The highest BCUT2D eigenvalue weighted by Gasteiger charge is 2.03. The molecule has 1 aromatic rings. The van der Waals surface area contributed by atoms with Gasteiger partial charge in [0.1, 0.15) is 10.8 Å². The van der Waals surface area contributed by atoms with Crippen LogP contribution in [0.5, 0.6) is 0 Å². The molecule has 0 unspecified atom stereocenters. The van der Waals surface area contributed by atoms with Crippen molar-refractivity contribution in [3.8, 4) is 0 Å². The highest BCUT2D eigenvalue weighted by Crippen LogP contribution is 2.05. The molecule has 0 saturated carbocycles. The van der Waals surface area contributed by atoms with Gasteiger partial charge in [-0.15, -0.1) is 11.6 Å². The van der Waals surface area contributed by atoms with Gasteiger partial charge in [-0.2, -0.15) is 0 Å². The fourth-order valence-electron chi connectivity index (χ4n) is 0.693. The summed E-state index contributed by atoms with van der Waals surface area (Å²) in [4.78, 5) is 17.3. The van der Waals surface area contributed by atoms with Crippen molar-refractivity contribution >= 4 is 23.2 Å². The largest absolute Gasteiger partial charge is 0.308 e. The van der Waals surface area contributed by atoms with Crippen molar-refractivity contribution in [2.24, 2.45) is 0 Å². The summed E-state index contributed by atoms with van der Waals surface area (Å²) in [6.07, 6.45) is 0. The lowest BCUT2D eigenvalue weighted by Crippen LogP contribution is -2.12. The first kappa shape index (κ1) is 8.56. The zero-order valence-corrected chi connectivity index (χ0v) is 7.33. The first-order valence-electron chi connectivity index (χ1n) is 2.96. The van der Waals surface area contributed by atoms with Crippen molar-refractivity contribution < 1.29 is 0 Å². The summed E-state index contributed by atoms with van der Waals surface area (Å²) in [7, 11) is 0. The normalized spacial score (nSPS) is 10.1. The smallest absolute Gasteiger partial charge is 0.269 e. The summed E-state index contributed by atoms with van der Waals surface area (Å²) in [5.74, 6) is 0.631. The van der Waals surface area contributed by atoms with Gasteiger partial charge in [-0.25, -0.2) is 4.98 Å². The monoisotopic (exact) mass is 192 g/mol. The predicted octanol–water partition coefficient (Wildman–Crippen LogP) is 1.47. The Morgan fingerprint density at radius 1 is 1.64 bits per heavy atom. The van der Waals surface area contributed by atoms with Crippen molar-refractivity contribution in [3.05, 3.63) is 26.9 Å². The Morgan fingerprint density at radius 2 is 2.27 bits per heavy atom.